The Morgan fingerprint density at radius 2 is 2.29 bits per heavy atom. The van der Waals surface area contributed by atoms with Crippen molar-refractivity contribution in [3.63, 3.8) is 0 Å². The number of ether oxygens (including phenoxy) is 2. The number of nitrogens with zero attached hydrogens (tertiary/aromatic N) is 3. The van der Waals surface area contributed by atoms with Crippen LogP contribution in [0.25, 0.3) is 0 Å². The van der Waals surface area contributed by atoms with Crippen LogP contribution in [0.2, 0.25) is 0 Å². The number of piperidine rings is 1. The zero-order valence-electron chi connectivity index (χ0n) is 14.6. The van der Waals surface area contributed by atoms with Crippen molar-refractivity contribution < 1.29 is 17.9 Å². The van der Waals surface area contributed by atoms with Gasteiger partial charge in [-0.25, -0.2) is 13.4 Å². The van der Waals surface area contributed by atoms with Gasteiger partial charge in [-0.05, 0) is 33.1 Å². The molecule has 8 heteroatoms. The molecule has 0 amide bonds. The minimum atomic E-state index is -3.58. The second kappa shape index (κ2) is 6.74. The van der Waals surface area contributed by atoms with Crippen LogP contribution in [0.15, 0.2) is 17.6 Å². The van der Waals surface area contributed by atoms with E-state index in [1.54, 1.807) is 22.1 Å². The summed E-state index contributed by atoms with van der Waals surface area (Å²) < 4.78 is 40.9. The Morgan fingerprint density at radius 3 is 2.96 bits per heavy atom. The molecule has 24 heavy (non-hydrogen) atoms. The van der Waals surface area contributed by atoms with Crippen molar-refractivity contribution in [2.75, 3.05) is 26.3 Å². The molecule has 1 aromatic rings. The number of fused-ring (bicyclic) bond motifs is 1. The van der Waals surface area contributed by atoms with Gasteiger partial charge in [-0.3, -0.25) is 0 Å². The molecule has 0 aromatic carbocycles. The summed E-state index contributed by atoms with van der Waals surface area (Å²) in [6.07, 6.45) is 5.82. The number of imidazole rings is 1. The van der Waals surface area contributed by atoms with Crippen molar-refractivity contribution in [1.82, 2.24) is 13.9 Å². The number of hydrogen-bond acceptors (Lipinski definition) is 5. The molecule has 2 aliphatic heterocycles. The first-order valence-electron chi connectivity index (χ1n) is 8.55. The fraction of sp³-hybridized carbons (Fsp3) is 0.812. The Kier molecular flexibility index (Phi) is 5.01. The van der Waals surface area contributed by atoms with Crippen LogP contribution in [0.1, 0.15) is 33.1 Å². The van der Waals surface area contributed by atoms with Gasteiger partial charge >= 0.3 is 0 Å². The molecule has 3 heterocycles. The molecular weight excluding hydrogens is 330 g/mol. The van der Waals surface area contributed by atoms with Crippen LogP contribution in [0.4, 0.5) is 0 Å². The summed E-state index contributed by atoms with van der Waals surface area (Å²) >= 11 is 0. The molecule has 0 spiro atoms. The maximum atomic E-state index is 12.9. The summed E-state index contributed by atoms with van der Waals surface area (Å²) in [6.45, 7) is 6.18. The molecule has 0 unspecified atom stereocenters. The molecule has 1 aromatic heterocycles. The van der Waals surface area contributed by atoms with Crippen molar-refractivity contribution in [1.29, 1.82) is 0 Å². The van der Waals surface area contributed by atoms with E-state index in [0.717, 1.165) is 19.4 Å². The topological polar surface area (TPSA) is 73.7 Å². The van der Waals surface area contributed by atoms with E-state index in [9.17, 15) is 8.42 Å². The smallest absolute Gasteiger partial charge is 0.262 e. The maximum Gasteiger partial charge on any atom is 0.262 e. The van der Waals surface area contributed by atoms with Gasteiger partial charge in [-0.15, -0.1) is 0 Å². The lowest BCUT2D eigenvalue weighted by atomic mass is 9.73. The molecule has 2 fully saturated rings. The van der Waals surface area contributed by atoms with E-state index in [4.69, 9.17) is 9.47 Å². The van der Waals surface area contributed by atoms with Gasteiger partial charge < -0.3 is 14.0 Å². The number of hydrogen-bond donors (Lipinski definition) is 0. The molecule has 2 saturated heterocycles. The summed E-state index contributed by atoms with van der Waals surface area (Å²) in [4.78, 5) is 4.03. The Hall–Kier alpha value is -0.960. The monoisotopic (exact) mass is 357 g/mol. The van der Waals surface area contributed by atoms with E-state index < -0.39 is 10.0 Å². The Labute approximate surface area is 144 Å². The standard InChI is InChI=1S/C16H27N3O4S/c1-13(2)23-11-16-6-4-8-22-14(16)5-7-19(10-16)24(20,21)15-9-18(3)12-17-15/h9,12-14H,4-8,10-11H2,1-3H3/t14-,16-/m0/s1. The first-order chi connectivity index (χ1) is 11.3. The molecule has 136 valence electrons. The van der Waals surface area contributed by atoms with E-state index >= 15 is 0 Å². The van der Waals surface area contributed by atoms with Crippen LogP contribution >= 0.6 is 0 Å². The van der Waals surface area contributed by atoms with Gasteiger partial charge in [0.1, 0.15) is 0 Å². The quantitative estimate of drug-likeness (QED) is 0.796. The highest BCUT2D eigenvalue weighted by Crippen LogP contribution is 2.42. The third kappa shape index (κ3) is 3.37. The first kappa shape index (κ1) is 17.8. The van der Waals surface area contributed by atoms with Gasteiger partial charge in [-0.1, -0.05) is 0 Å². The first-order valence-corrected chi connectivity index (χ1v) is 9.99. The predicted octanol–water partition coefficient (Wildman–Crippen LogP) is 1.40. The second-order valence-corrected chi connectivity index (χ2v) is 9.07. The summed E-state index contributed by atoms with van der Waals surface area (Å²) in [7, 11) is -1.81. The van der Waals surface area contributed by atoms with Gasteiger partial charge in [-0.2, -0.15) is 4.31 Å². The Bertz CT molecular complexity index is 673. The highest BCUT2D eigenvalue weighted by molar-refractivity contribution is 7.89. The molecule has 0 saturated carbocycles. The van der Waals surface area contributed by atoms with Crippen molar-refractivity contribution in [3.05, 3.63) is 12.5 Å². The molecule has 3 rings (SSSR count). The largest absolute Gasteiger partial charge is 0.378 e. The number of aryl methyl sites for hydroxylation is 1. The number of sulfonamides is 1. The lowest BCUT2D eigenvalue weighted by Crippen LogP contribution is -2.58. The fourth-order valence-electron chi connectivity index (χ4n) is 3.65. The van der Waals surface area contributed by atoms with E-state index in [-0.39, 0.29) is 22.6 Å². The normalized spacial score (nSPS) is 28.9. The number of rotatable bonds is 5. The maximum absolute atomic E-state index is 12.9. The minimum Gasteiger partial charge on any atom is -0.378 e. The minimum absolute atomic E-state index is 0.0696. The highest BCUT2D eigenvalue weighted by atomic mass is 32.2. The second-order valence-electron chi connectivity index (χ2n) is 7.19. The summed E-state index contributed by atoms with van der Waals surface area (Å²) in [5.74, 6) is 0. The van der Waals surface area contributed by atoms with Crippen LogP contribution in [0, 0.1) is 5.41 Å². The van der Waals surface area contributed by atoms with Crippen LogP contribution in [0.3, 0.4) is 0 Å². The molecule has 2 atom stereocenters. The zero-order valence-corrected chi connectivity index (χ0v) is 15.5. The molecule has 0 aliphatic carbocycles. The Balaban J connectivity index is 1.84. The van der Waals surface area contributed by atoms with Gasteiger partial charge in [0, 0.05) is 38.4 Å². The van der Waals surface area contributed by atoms with E-state index in [2.05, 4.69) is 4.98 Å². The molecule has 0 radical (unpaired) electrons. The highest BCUT2D eigenvalue weighted by Gasteiger charge is 2.49. The van der Waals surface area contributed by atoms with Gasteiger partial charge in [0.05, 0.1) is 25.1 Å². The van der Waals surface area contributed by atoms with E-state index in [1.165, 1.54) is 6.33 Å². The lowest BCUT2D eigenvalue weighted by molar-refractivity contribution is -0.148. The average Bonchev–Trinajstić information content (AvgIpc) is 3.00. The molecule has 0 bridgehead atoms. The van der Waals surface area contributed by atoms with Gasteiger partial charge in [0.25, 0.3) is 10.0 Å². The SMILES string of the molecule is CC(C)OC[C@@]12CCCO[C@H]1CCN(S(=O)(=O)c1cn(C)cn1)C2. The molecule has 2 aliphatic rings. The lowest BCUT2D eigenvalue weighted by Gasteiger charge is -2.49. The van der Waals surface area contributed by atoms with Crippen molar-refractivity contribution in [3.8, 4) is 0 Å². The predicted molar refractivity (Wildman–Crippen MR) is 89.1 cm³/mol. The Morgan fingerprint density at radius 1 is 1.50 bits per heavy atom. The van der Waals surface area contributed by atoms with Crippen molar-refractivity contribution in [2.45, 2.75) is 50.3 Å². The fourth-order valence-corrected chi connectivity index (χ4v) is 5.17. The van der Waals surface area contributed by atoms with E-state index in [0.29, 0.717) is 26.1 Å². The van der Waals surface area contributed by atoms with Gasteiger partial charge in [0.2, 0.25) is 0 Å². The summed E-state index contributed by atoms with van der Waals surface area (Å²) in [6, 6.07) is 0. The molecular formula is C16H27N3O4S. The zero-order chi connectivity index (χ0) is 17.4. The third-order valence-electron chi connectivity index (χ3n) is 4.94. The van der Waals surface area contributed by atoms with Crippen LogP contribution in [-0.2, 0) is 26.5 Å². The van der Waals surface area contributed by atoms with Gasteiger partial charge in [0.15, 0.2) is 5.03 Å². The summed E-state index contributed by atoms with van der Waals surface area (Å²) in [5, 5.41) is 0.111. The molecule has 7 nitrogen and oxygen atoms in total. The van der Waals surface area contributed by atoms with E-state index in [1.807, 2.05) is 13.8 Å². The average molecular weight is 357 g/mol. The van der Waals surface area contributed by atoms with Crippen LogP contribution in [0.5, 0.6) is 0 Å². The van der Waals surface area contributed by atoms with Crippen LogP contribution < -0.4 is 0 Å². The van der Waals surface area contributed by atoms with Crippen LogP contribution in [-0.4, -0.2) is 60.8 Å². The van der Waals surface area contributed by atoms with Crippen molar-refractivity contribution in [2.24, 2.45) is 12.5 Å². The summed E-state index contributed by atoms with van der Waals surface area (Å²) in [5.41, 5.74) is -0.261. The van der Waals surface area contributed by atoms with Crippen molar-refractivity contribution >= 4 is 10.0 Å². The molecule has 0 N–H and O–H groups in total. The number of aromatic nitrogens is 2. The third-order valence-corrected chi connectivity index (χ3v) is 6.67.